The van der Waals surface area contributed by atoms with Crippen LogP contribution in [0.4, 0.5) is 0 Å². The second-order valence-electron chi connectivity index (χ2n) is 4.23. The number of nitrogens with two attached hydrogens (primary N) is 1. The second kappa shape index (κ2) is 7.01. The standard InChI is InChI=1S/C14H22N2O2/c1-4-12(14(15)17)18-13-9-7-6-8-11(13)10(3)16-5-2/h6-10,12,16H,4-5H2,1-3H3,(H2,15,17). The quantitative estimate of drug-likeness (QED) is 0.778. The highest BCUT2D eigenvalue weighted by atomic mass is 16.5. The van der Waals surface area contributed by atoms with E-state index in [0.717, 1.165) is 17.9 Å². The predicted molar refractivity (Wildman–Crippen MR) is 72.4 cm³/mol. The monoisotopic (exact) mass is 250 g/mol. The fraction of sp³-hybridized carbons (Fsp3) is 0.500. The number of ether oxygens (including phenoxy) is 1. The topological polar surface area (TPSA) is 64.3 Å². The number of benzene rings is 1. The number of hydrogen-bond acceptors (Lipinski definition) is 3. The first kappa shape index (κ1) is 14.5. The summed E-state index contributed by atoms with van der Waals surface area (Å²) in [7, 11) is 0. The van der Waals surface area contributed by atoms with E-state index in [0.29, 0.717) is 6.42 Å². The maximum Gasteiger partial charge on any atom is 0.258 e. The summed E-state index contributed by atoms with van der Waals surface area (Å²) in [5.41, 5.74) is 6.34. The van der Waals surface area contributed by atoms with Crippen molar-refractivity contribution in [2.75, 3.05) is 6.54 Å². The van der Waals surface area contributed by atoms with Crippen LogP contribution in [0.15, 0.2) is 24.3 Å². The van der Waals surface area contributed by atoms with Gasteiger partial charge in [0.25, 0.3) is 5.91 Å². The lowest BCUT2D eigenvalue weighted by atomic mass is 10.1. The molecule has 0 saturated heterocycles. The van der Waals surface area contributed by atoms with Crippen molar-refractivity contribution in [3.05, 3.63) is 29.8 Å². The maximum atomic E-state index is 11.2. The first-order valence-corrected chi connectivity index (χ1v) is 6.38. The van der Waals surface area contributed by atoms with Crippen molar-refractivity contribution in [1.82, 2.24) is 5.32 Å². The van der Waals surface area contributed by atoms with Crippen LogP contribution in [-0.2, 0) is 4.79 Å². The summed E-state index contributed by atoms with van der Waals surface area (Å²) >= 11 is 0. The van der Waals surface area contributed by atoms with Gasteiger partial charge < -0.3 is 15.8 Å². The molecule has 2 unspecified atom stereocenters. The van der Waals surface area contributed by atoms with Gasteiger partial charge in [-0.1, -0.05) is 32.0 Å². The summed E-state index contributed by atoms with van der Waals surface area (Å²) < 4.78 is 5.71. The zero-order valence-electron chi connectivity index (χ0n) is 11.3. The van der Waals surface area contributed by atoms with Gasteiger partial charge in [-0.05, 0) is 26.0 Å². The van der Waals surface area contributed by atoms with E-state index in [9.17, 15) is 4.79 Å². The SMILES string of the molecule is CCNC(C)c1ccccc1OC(CC)C(N)=O. The van der Waals surface area contributed by atoms with Gasteiger partial charge in [0.2, 0.25) is 0 Å². The van der Waals surface area contributed by atoms with E-state index in [1.807, 2.05) is 31.2 Å². The Bertz CT molecular complexity index is 393. The van der Waals surface area contributed by atoms with Gasteiger partial charge in [-0.25, -0.2) is 0 Å². The van der Waals surface area contributed by atoms with Crippen LogP contribution in [0.3, 0.4) is 0 Å². The molecule has 0 bridgehead atoms. The number of carbonyl (C=O) groups excluding carboxylic acids is 1. The van der Waals surface area contributed by atoms with Crippen molar-refractivity contribution < 1.29 is 9.53 Å². The van der Waals surface area contributed by atoms with Gasteiger partial charge in [0.1, 0.15) is 5.75 Å². The third-order valence-electron chi connectivity index (χ3n) is 2.85. The molecule has 0 aliphatic rings. The van der Waals surface area contributed by atoms with Crippen LogP contribution >= 0.6 is 0 Å². The Kier molecular flexibility index (Phi) is 5.65. The molecule has 4 heteroatoms. The molecule has 0 aliphatic carbocycles. The number of amides is 1. The minimum absolute atomic E-state index is 0.177. The Balaban J connectivity index is 2.91. The van der Waals surface area contributed by atoms with Crippen molar-refractivity contribution in [2.45, 2.75) is 39.3 Å². The Labute approximate surface area is 109 Å². The normalized spacial score (nSPS) is 13.9. The fourth-order valence-electron chi connectivity index (χ4n) is 1.86. The molecule has 18 heavy (non-hydrogen) atoms. The van der Waals surface area contributed by atoms with Crippen LogP contribution in [-0.4, -0.2) is 18.6 Å². The number of rotatable bonds is 7. The minimum Gasteiger partial charge on any atom is -0.480 e. The molecule has 1 amide bonds. The van der Waals surface area contributed by atoms with E-state index in [1.165, 1.54) is 0 Å². The Morgan fingerprint density at radius 1 is 1.39 bits per heavy atom. The van der Waals surface area contributed by atoms with Crippen molar-refractivity contribution in [1.29, 1.82) is 0 Å². The van der Waals surface area contributed by atoms with Gasteiger partial charge in [-0.15, -0.1) is 0 Å². The molecule has 1 aromatic rings. The summed E-state index contributed by atoms with van der Waals surface area (Å²) in [5.74, 6) is 0.292. The summed E-state index contributed by atoms with van der Waals surface area (Å²) in [6, 6.07) is 7.90. The Morgan fingerprint density at radius 2 is 2.06 bits per heavy atom. The highest BCUT2D eigenvalue weighted by Crippen LogP contribution is 2.26. The molecule has 0 radical (unpaired) electrons. The molecule has 0 aliphatic heterocycles. The number of hydrogen-bond donors (Lipinski definition) is 2. The van der Waals surface area contributed by atoms with E-state index >= 15 is 0 Å². The van der Waals surface area contributed by atoms with E-state index < -0.39 is 12.0 Å². The highest BCUT2D eigenvalue weighted by Gasteiger charge is 2.18. The summed E-state index contributed by atoms with van der Waals surface area (Å²) in [6.07, 6.45) is -0.000761. The fourth-order valence-corrected chi connectivity index (χ4v) is 1.86. The third kappa shape index (κ3) is 3.74. The van der Waals surface area contributed by atoms with Crippen LogP contribution < -0.4 is 15.8 Å². The molecule has 100 valence electrons. The van der Waals surface area contributed by atoms with Crippen molar-refractivity contribution in [3.63, 3.8) is 0 Å². The molecule has 1 rings (SSSR count). The predicted octanol–water partition coefficient (Wildman–Crippen LogP) is 2.00. The average molecular weight is 250 g/mol. The largest absolute Gasteiger partial charge is 0.480 e. The average Bonchev–Trinajstić information content (AvgIpc) is 2.36. The molecule has 1 aromatic carbocycles. The molecule has 2 atom stereocenters. The van der Waals surface area contributed by atoms with Gasteiger partial charge in [0, 0.05) is 11.6 Å². The van der Waals surface area contributed by atoms with Crippen molar-refractivity contribution in [2.24, 2.45) is 5.73 Å². The first-order valence-electron chi connectivity index (χ1n) is 6.38. The zero-order chi connectivity index (χ0) is 13.5. The van der Waals surface area contributed by atoms with Gasteiger partial charge >= 0.3 is 0 Å². The Morgan fingerprint density at radius 3 is 2.61 bits per heavy atom. The molecular formula is C14H22N2O2. The van der Waals surface area contributed by atoms with E-state index in [-0.39, 0.29) is 6.04 Å². The smallest absolute Gasteiger partial charge is 0.258 e. The maximum absolute atomic E-state index is 11.2. The molecule has 4 nitrogen and oxygen atoms in total. The molecule has 0 fully saturated rings. The molecular weight excluding hydrogens is 228 g/mol. The number of para-hydroxylation sites is 1. The molecule has 0 heterocycles. The highest BCUT2D eigenvalue weighted by molar-refractivity contribution is 5.79. The van der Waals surface area contributed by atoms with Gasteiger partial charge in [-0.2, -0.15) is 0 Å². The molecule has 0 spiro atoms. The summed E-state index contributed by atoms with van der Waals surface area (Å²) in [6.45, 7) is 6.88. The number of nitrogens with one attached hydrogen (secondary N) is 1. The Hall–Kier alpha value is -1.55. The summed E-state index contributed by atoms with van der Waals surface area (Å²) in [4.78, 5) is 11.2. The zero-order valence-corrected chi connectivity index (χ0v) is 11.3. The van der Waals surface area contributed by atoms with Gasteiger partial charge in [0.05, 0.1) is 0 Å². The van der Waals surface area contributed by atoms with Gasteiger partial charge in [0.15, 0.2) is 6.10 Å². The minimum atomic E-state index is -0.569. The van der Waals surface area contributed by atoms with Crippen LogP contribution in [0.25, 0.3) is 0 Å². The van der Waals surface area contributed by atoms with Crippen LogP contribution in [0.1, 0.15) is 38.8 Å². The van der Waals surface area contributed by atoms with Crippen LogP contribution in [0.5, 0.6) is 5.75 Å². The third-order valence-corrected chi connectivity index (χ3v) is 2.85. The lowest BCUT2D eigenvalue weighted by molar-refractivity contribution is -0.124. The van der Waals surface area contributed by atoms with E-state index in [4.69, 9.17) is 10.5 Å². The van der Waals surface area contributed by atoms with Crippen LogP contribution in [0, 0.1) is 0 Å². The second-order valence-corrected chi connectivity index (χ2v) is 4.23. The lowest BCUT2D eigenvalue weighted by Gasteiger charge is -2.20. The molecule has 0 saturated carbocycles. The summed E-state index contributed by atoms with van der Waals surface area (Å²) in [5, 5.41) is 3.33. The van der Waals surface area contributed by atoms with Crippen molar-refractivity contribution >= 4 is 5.91 Å². The molecule has 3 N–H and O–H groups in total. The molecule has 0 aromatic heterocycles. The first-order chi connectivity index (χ1) is 8.60. The van der Waals surface area contributed by atoms with Crippen molar-refractivity contribution in [3.8, 4) is 5.75 Å². The van der Waals surface area contributed by atoms with E-state index in [1.54, 1.807) is 0 Å². The van der Waals surface area contributed by atoms with Crippen LogP contribution in [0.2, 0.25) is 0 Å². The van der Waals surface area contributed by atoms with Gasteiger partial charge in [-0.3, -0.25) is 4.79 Å². The van der Waals surface area contributed by atoms with E-state index in [2.05, 4.69) is 19.2 Å². The number of carbonyl (C=O) groups is 1. The number of primary amides is 1. The lowest BCUT2D eigenvalue weighted by Crippen LogP contribution is -2.33.